The summed E-state index contributed by atoms with van der Waals surface area (Å²) in [5.41, 5.74) is 2.93. The summed E-state index contributed by atoms with van der Waals surface area (Å²) in [4.78, 5) is 15.6. The Morgan fingerprint density at radius 2 is 2.24 bits per heavy atom. The molecule has 0 atom stereocenters. The standard InChI is InChI=1S/C12H11FN2OS/c13-11-4-2-1-3-9(11)5-12(16)14-6-10-7-17-8-15-10/h1-4,7-8H,5-6H2,(H,14,16). The van der Waals surface area contributed by atoms with Crippen LogP contribution in [0.15, 0.2) is 35.2 Å². The number of carbonyl (C=O) groups excluding carboxylic acids is 1. The predicted octanol–water partition coefficient (Wildman–Crippen LogP) is 2.14. The fourth-order valence-electron chi connectivity index (χ4n) is 1.39. The SMILES string of the molecule is O=C(Cc1ccccc1F)NCc1cscn1. The van der Waals surface area contributed by atoms with Crippen molar-refractivity contribution in [1.82, 2.24) is 10.3 Å². The van der Waals surface area contributed by atoms with Gasteiger partial charge in [0.05, 0.1) is 24.2 Å². The molecule has 0 aliphatic heterocycles. The molecule has 1 heterocycles. The molecule has 17 heavy (non-hydrogen) atoms. The number of benzene rings is 1. The quantitative estimate of drug-likeness (QED) is 0.903. The molecule has 88 valence electrons. The number of amides is 1. The number of hydrogen-bond donors (Lipinski definition) is 1. The second-order valence-corrected chi connectivity index (χ2v) is 4.24. The molecule has 0 radical (unpaired) electrons. The molecule has 1 amide bonds. The van der Waals surface area contributed by atoms with E-state index in [0.717, 1.165) is 5.69 Å². The summed E-state index contributed by atoms with van der Waals surface area (Å²) in [5, 5.41) is 4.56. The largest absolute Gasteiger partial charge is 0.350 e. The zero-order valence-corrected chi connectivity index (χ0v) is 9.84. The number of rotatable bonds is 4. The molecule has 0 aliphatic rings. The fourth-order valence-corrected chi connectivity index (χ4v) is 1.95. The molecule has 0 saturated carbocycles. The Morgan fingerprint density at radius 3 is 2.94 bits per heavy atom. The number of nitrogens with zero attached hydrogens (tertiary/aromatic N) is 1. The third-order valence-electron chi connectivity index (χ3n) is 2.26. The van der Waals surface area contributed by atoms with E-state index in [-0.39, 0.29) is 18.1 Å². The summed E-state index contributed by atoms with van der Waals surface area (Å²) < 4.78 is 13.3. The van der Waals surface area contributed by atoms with Crippen molar-refractivity contribution in [3.63, 3.8) is 0 Å². The Balaban J connectivity index is 1.87. The van der Waals surface area contributed by atoms with E-state index in [1.807, 2.05) is 5.38 Å². The van der Waals surface area contributed by atoms with E-state index in [1.54, 1.807) is 23.7 Å². The minimum Gasteiger partial charge on any atom is -0.350 e. The van der Waals surface area contributed by atoms with E-state index >= 15 is 0 Å². The third kappa shape index (κ3) is 3.35. The van der Waals surface area contributed by atoms with Gasteiger partial charge in [0.2, 0.25) is 5.91 Å². The lowest BCUT2D eigenvalue weighted by atomic mass is 10.1. The minimum atomic E-state index is -0.351. The van der Waals surface area contributed by atoms with E-state index in [4.69, 9.17) is 0 Å². The molecule has 0 spiro atoms. The molecule has 1 aromatic heterocycles. The minimum absolute atomic E-state index is 0.0524. The summed E-state index contributed by atoms with van der Waals surface area (Å²) in [6.07, 6.45) is 0.0524. The van der Waals surface area contributed by atoms with Gasteiger partial charge < -0.3 is 5.32 Å². The molecule has 0 saturated heterocycles. The van der Waals surface area contributed by atoms with Crippen LogP contribution in [0.4, 0.5) is 4.39 Å². The van der Waals surface area contributed by atoms with Crippen LogP contribution < -0.4 is 5.32 Å². The molecule has 0 aliphatic carbocycles. The second kappa shape index (κ2) is 5.54. The van der Waals surface area contributed by atoms with Crippen LogP contribution in [-0.2, 0) is 17.8 Å². The van der Waals surface area contributed by atoms with Crippen molar-refractivity contribution < 1.29 is 9.18 Å². The maximum atomic E-state index is 13.3. The van der Waals surface area contributed by atoms with Gasteiger partial charge in [-0.2, -0.15) is 0 Å². The van der Waals surface area contributed by atoms with Crippen molar-refractivity contribution in [3.05, 3.63) is 52.2 Å². The van der Waals surface area contributed by atoms with E-state index < -0.39 is 0 Å². The van der Waals surface area contributed by atoms with Gasteiger partial charge in [-0.25, -0.2) is 9.37 Å². The van der Waals surface area contributed by atoms with Gasteiger partial charge >= 0.3 is 0 Å². The van der Waals surface area contributed by atoms with Gasteiger partial charge in [-0.15, -0.1) is 11.3 Å². The lowest BCUT2D eigenvalue weighted by Gasteiger charge is -2.04. The summed E-state index contributed by atoms with van der Waals surface area (Å²) in [5.74, 6) is -0.556. The van der Waals surface area contributed by atoms with Crippen molar-refractivity contribution in [3.8, 4) is 0 Å². The summed E-state index contributed by atoms with van der Waals surface area (Å²) >= 11 is 1.48. The summed E-state index contributed by atoms with van der Waals surface area (Å²) in [7, 11) is 0. The third-order valence-corrected chi connectivity index (χ3v) is 2.89. The zero-order valence-electron chi connectivity index (χ0n) is 9.02. The molecule has 0 fully saturated rings. The first-order valence-electron chi connectivity index (χ1n) is 5.13. The predicted molar refractivity (Wildman–Crippen MR) is 64.1 cm³/mol. The highest BCUT2D eigenvalue weighted by Crippen LogP contribution is 2.07. The highest BCUT2D eigenvalue weighted by molar-refractivity contribution is 7.07. The summed E-state index contributed by atoms with van der Waals surface area (Å²) in [6, 6.07) is 6.28. The van der Waals surface area contributed by atoms with Crippen molar-refractivity contribution in [2.24, 2.45) is 0 Å². The average Bonchev–Trinajstić information content (AvgIpc) is 2.82. The molecule has 5 heteroatoms. The van der Waals surface area contributed by atoms with E-state index in [1.165, 1.54) is 17.4 Å². The van der Waals surface area contributed by atoms with Crippen LogP contribution in [0.2, 0.25) is 0 Å². The highest BCUT2D eigenvalue weighted by Gasteiger charge is 2.07. The molecular weight excluding hydrogens is 239 g/mol. The normalized spacial score (nSPS) is 10.2. The molecule has 1 aromatic carbocycles. The number of aromatic nitrogens is 1. The number of thiazole rings is 1. The summed E-state index contributed by atoms with van der Waals surface area (Å²) in [6.45, 7) is 0.386. The van der Waals surface area contributed by atoms with E-state index in [2.05, 4.69) is 10.3 Å². The average molecular weight is 250 g/mol. The van der Waals surface area contributed by atoms with Crippen LogP contribution in [0.25, 0.3) is 0 Å². The Kier molecular flexibility index (Phi) is 3.82. The molecule has 2 aromatic rings. The van der Waals surface area contributed by atoms with Crippen LogP contribution in [0.5, 0.6) is 0 Å². The molecular formula is C12H11FN2OS. The number of hydrogen-bond acceptors (Lipinski definition) is 3. The first-order valence-corrected chi connectivity index (χ1v) is 6.07. The molecule has 0 unspecified atom stereocenters. The van der Waals surface area contributed by atoms with Crippen LogP contribution in [-0.4, -0.2) is 10.9 Å². The maximum Gasteiger partial charge on any atom is 0.224 e. The topological polar surface area (TPSA) is 42.0 Å². The van der Waals surface area contributed by atoms with Gasteiger partial charge in [0.1, 0.15) is 5.82 Å². The van der Waals surface area contributed by atoms with Gasteiger partial charge in [0, 0.05) is 5.38 Å². The maximum absolute atomic E-state index is 13.3. The fraction of sp³-hybridized carbons (Fsp3) is 0.167. The van der Waals surface area contributed by atoms with Gasteiger partial charge in [0.25, 0.3) is 0 Å². The van der Waals surface area contributed by atoms with E-state index in [0.29, 0.717) is 12.1 Å². The van der Waals surface area contributed by atoms with Gasteiger partial charge in [-0.3, -0.25) is 4.79 Å². The molecule has 0 bridgehead atoms. The first-order chi connectivity index (χ1) is 8.25. The van der Waals surface area contributed by atoms with Crippen molar-refractivity contribution in [2.45, 2.75) is 13.0 Å². The Bertz CT molecular complexity index is 499. The van der Waals surface area contributed by atoms with Crippen molar-refractivity contribution in [1.29, 1.82) is 0 Å². The number of halogens is 1. The molecule has 2 rings (SSSR count). The molecule has 1 N–H and O–H groups in total. The van der Waals surface area contributed by atoms with Crippen LogP contribution in [0.1, 0.15) is 11.3 Å². The monoisotopic (exact) mass is 250 g/mol. The molecule has 3 nitrogen and oxygen atoms in total. The highest BCUT2D eigenvalue weighted by atomic mass is 32.1. The van der Waals surface area contributed by atoms with Gasteiger partial charge in [-0.1, -0.05) is 18.2 Å². The number of carbonyl (C=O) groups is 1. The van der Waals surface area contributed by atoms with Crippen molar-refractivity contribution >= 4 is 17.2 Å². The lowest BCUT2D eigenvalue weighted by molar-refractivity contribution is -0.120. The number of nitrogens with one attached hydrogen (secondary N) is 1. The lowest BCUT2D eigenvalue weighted by Crippen LogP contribution is -2.25. The smallest absolute Gasteiger partial charge is 0.224 e. The van der Waals surface area contributed by atoms with Gasteiger partial charge in [0.15, 0.2) is 0 Å². The van der Waals surface area contributed by atoms with Crippen LogP contribution in [0, 0.1) is 5.82 Å². The van der Waals surface area contributed by atoms with Crippen LogP contribution in [0.3, 0.4) is 0 Å². The van der Waals surface area contributed by atoms with Crippen LogP contribution >= 0.6 is 11.3 Å². The zero-order chi connectivity index (χ0) is 12.1. The van der Waals surface area contributed by atoms with Gasteiger partial charge in [-0.05, 0) is 11.6 Å². The van der Waals surface area contributed by atoms with Crippen molar-refractivity contribution in [2.75, 3.05) is 0 Å². The first kappa shape index (κ1) is 11.7. The Morgan fingerprint density at radius 1 is 1.41 bits per heavy atom. The van der Waals surface area contributed by atoms with E-state index in [9.17, 15) is 9.18 Å². The Labute approximate surface area is 102 Å². The second-order valence-electron chi connectivity index (χ2n) is 3.52. The Hall–Kier alpha value is -1.75.